The standard InChI is InChI=1S/C13H21N3O4S2/c1-9(2)5-11-15-13(20-16-11)7-21-6-12(17)14-10-3-4-22(18,19)8-10/h9-10H,3-8H2,1-2H3,(H,14,17). The van der Waals surface area contributed by atoms with E-state index in [1.807, 2.05) is 0 Å². The maximum absolute atomic E-state index is 11.8. The quantitative estimate of drug-likeness (QED) is 0.778. The predicted octanol–water partition coefficient (Wildman–Crippen LogP) is 0.805. The van der Waals surface area contributed by atoms with Crippen LogP contribution in [0.25, 0.3) is 0 Å². The Morgan fingerprint density at radius 3 is 2.91 bits per heavy atom. The molecule has 1 N–H and O–H groups in total. The number of hydrogen-bond donors (Lipinski definition) is 1. The van der Waals surface area contributed by atoms with Crippen LogP contribution in [0.5, 0.6) is 0 Å². The normalized spacial score (nSPS) is 20.4. The summed E-state index contributed by atoms with van der Waals surface area (Å²) in [5, 5.41) is 6.63. The molecule has 1 aliphatic rings. The fraction of sp³-hybridized carbons (Fsp3) is 0.769. The van der Waals surface area contributed by atoms with Crippen LogP contribution in [0.15, 0.2) is 4.52 Å². The van der Waals surface area contributed by atoms with Crippen LogP contribution in [0.4, 0.5) is 0 Å². The Morgan fingerprint density at radius 2 is 2.27 bits per heavy atom. The molecule has 0 spiro atoms. The number of thioether (sulfide) groups is 1. The fourth-order valence-electron chi connectivity index (χ4n) is 2.21. The van der Waals surface area contributed by atoms with Gasteiger partial charge in [0, 0.05) is 12.5 Å². The summed E-state index contributed by atoms with van der Waals surface area (Å²) in [4.78, 5) is 16.0. The van der Waals surface area contributed by atoms with Gasteiger partial charge >= 0.3 is 0 Å². The first kappa shape index (κ1) is 17.3. The average Bonchev–Trinajstić information content (AvgIpc) is 2.95. The van der Waals surface area contributed by atoms with E-state index in [1.165, 1.54) is 11.8 Å². The highest BCUT2D eigenvalue weighted by Crippen LogP contribution is 2.14. The summed E-state index contributed by atoms with van der Waals surface area (Å²) in [5.41, 5.74) is 0. The maximum Gasteiger partial charge on any atom is 0.236 e. The molecular weight excluding hydrogens is 326 g/mol. The number of carbonyl (C=O) groups excluding carboxylic acids is 1. The van der Waals surface area contributed by atoms with Crippen LogP contribution in [0.2, 0.25) is 0 Å². The number of nitrogens with zero attached hydrogens (tertiary/aromatic N) is 2. The molecule has 0 bridgehead atoms. The smallest absolute Gasteiger partial charge is 0.236 e. The minimum Gasteiger partial charge on any atom is -0.352 e. The molecule has 1 atom stereocenters. The molecule has 22 heavy (non-hydrogen) atoms. The number of aromatic nitrogens is 2. The highest BCUT2D eigenvalue weighted by Gasteiger charge is 2.28. The molecular formula is C13H21N3O4S2. The fourth-order valence-corrected chi connectivity index (χ4v) is 4.54. The van der Waals surface area contributed by atoms with Gasteiger partial charge in [0.05, 0.1) is 23.0 Å². The summed E-state index contributed by atoms with van der Waals surface area (Å²) in [7, 11) is -2.97. The Hall–Kier alpha value is -1.09. The molecule has 1 aromatic heterocycles. The first-order valence-electron chi connectivity index (χ1n) is 7.23. The van der Waals surface area contributed by atoms with Crippen LogP contribution in [-0.4, -0.2) is 47.8 Å². The summed E-state index contributed by atoms with van der Waals surface area (Å²) >= 11 is 1.37. The molecule has 0 aromatic carbocycles. The van der Waals surface area contributed by atoms with Gasteiger partial charge in [-0.2, -0.15) is 4.98 Å². The van der Waals surface area contributed by atoms with Crippen molar-refractivity contribution < 1.29 is 17.7 Å². The summed E-state index contributed by atoms with van der Waals surface area (Å²) in [5.74, 6) is 2.43. The number of nitrogens with one attached hydrogen (secondary N) is 1. The van der Waals surface area contributed by atoms with Crippen LogP contribution >= 0.6 is 11.8 Å². The molecule has 0 aliphatic carbocycles. The van der Waals surface area contributed by atoms with Crippen LogP contribution in [0.1, 0.15) is 32.0 Å². The second-order valence-corrected chi connectivity index (χ2v) is 9.08. The van der Waals surface area contributed by atoms with Crippen molar-refractivity contribution in [3.63, 3.8) is 0 Å². The van der Waals surface area contributed by atoms with E-state index in [2.05, 4.69) is 29.3 Å². The zero-order chi connectivity index (χ0) is 16.2. The lowest BCUT2D eigenvalue weighted by atomic mass is 10.1. The van der Waals surface area contributed by atoms with Crippen molar-refractivity contribution in [2.75, 3.05) is 17.3 Å². The molecule has 1 aliphatic heterocycles. The summed E-state index contributed by atoms with van der Waals surface area (Å²) in [6.07, 6.45) is 1.27. The summed E-state index contributed by atoms with van der Waals surface area (Å²) < 4.78 is 27.7. The van der Waals surface area contributed by atoms with Crippen molar-refractivity contribution >= 4 is 27.5 Å². The second-order valence-electron chi connectivity index (χ2n) is 5.86. The highest BCUT2D eigenvalue weighted by molar-refractivity contribution is 7.99. The molecule has 124 valence electrons. The average molecular weight is 347 g/mol. The molecule has 0 radical (unpaired) electrons. The van der Waals surface area contributed by atoms with E-state index in [0.29, 0.717) is 29.8 Å². The Kier molecular flexibility index (Phi) is 5.85. The lowest BCUT2D eigenvalue weighted by Crippen LogP contribution is -2.36. The SMILES string of the molecule is CC(C)Cc1noc(CSCC(=O)NC2CCS(=O)(=O)C2)n1. The first-order valence-corrected chi connectivity index (χ1v) is 10.2. The van der Waals surface area contributed by atoms with Crippen LogP contribution < -0.4 is 5.32 Å². The van der Waals surface area contributed by atoms with Gasteiger partial charge in [-0.1, -0.05) is 19.0 Å². The molecule has 1 fully saturated rings. The van der Waals surface area contributed by atoms with E-state index >= 15 is 0 Å². The van der Waals surface area contributed by atoms with Crippen molar-refractivity contribution in [1.82, 2.24) is 15.5 Å². The Balaban J connectivity index is 1.68. The van der Waals surface area contributed by atoms with Crippen molar-refractivity contribution in [1.29, 1.82) is 0 Å². The van der Waals surface area contributed by atoms with Crippen LogP contribution in [0, 0.1) is 5.92 Å². The Bertz CT molecular complexity index is 613. The highest BCUT2D eigenvalue weighted by atomic mass is 32.2. The molecule has 1 amide bonds. The van der Waals surface area contributed by atoms with Gasteiger partial charge in [0.2, 0.25) is 11.8 Å². The molecule has 2 heterocycles. The lowest BCUT2D eigenvalue weighted by Gasteiger charge is -2.09. The van der Waals surface area contributed by atoms with Gasteiger partial charge in [0.1, 0.15) is 0 Å². The Labute approximate surface area is 134 Å². The van der Waals surface area contributed by atoms with Crippen LogP contribution in [0.3, 0.4) is 0 Å². The van der Waals surface area contributed by atoms with E-state index in [1.54, 1.807) is 0 Å². The Morgan fingerprint density at radius 1 is 1.50 bits per heavy atom. The largest absolute Gasteiger partial charge is 0.352 e. The van der Waals surface area contributed by atoms with Gasteiger partial charge in [-0.15, -0.1) is 11.8 Å². The maximum atomic E-state index is 11.8. The summed E-state index contributed by atoms with van der Waals surface area (Å²) in [6.45, 7) is 4.16. The van der Waals surface area contributed by atoms with E-state index in [-0.39, 0.29) is 29.2 Å². The van der Waals surface area contributed by atoms with Gasteiger partial charge < -0.3 is 9.84 Å². The molecule has 9 heteroatoms. The van der Waals surface area contributed by atoms with Gasteiger partial charge in [0.25, 0.3) is 0 Å². The third-order valence-electron chi connectivity index (χ3n) is 3.16. The molecule has 7 nitrogen and oxygen atoms in total. The minimum absolute atomic E-state index is 0.0473. The van der Waals surface area contributed by atoms with Crippen molar-refractivity contribution in [3.8, 4) is 0 Å². The second kappa shape index (κ2) is 7.45. The van der Waals surface area contributed by atoms with Gasteiger partial charge in [-0.3, -0.25) is 4.79 Å². The third kappa shape index (κ3) is 5.60. The topological polar surface area (TPSA) is 102 Å². The van der Waals surface area contributed by atoms with Gasteiger partial charge in [-0.05, 0) is 12.3 Å². The zero-order valence-corrected chi connectivity index (χ0v) is 14.4. The number of amides is 1. The van der Waals surface area contributed by atoms with Crippen LogP contribution in [-0.2, 0) is 26.8 Å². The molecule has 1 unspecified atom stereocenters. The lowest BCUT2D eigenvalue weighted by molar-refractivity contribution is -0.119. The van der Waals surface area contributed by atoms with E-state index in [9.17, 15) is 13.2 Å². The first-order chi connectivity index (χ1) is 10.3. The number of rotatable bonds is 7. The van der Waals surface area contributed by atoms with E-state index in [4.69, 9.17) is 4.52 Å². The van der Waals surface area contributed by atoms with Gasteiger partial charge in [-0.25, -0.2) is 8.42 Å². The molecule has 1 aromatic rings. The molecule has 2 rings (SSSR count). The molecule has 0 saturated carbocycles. The predicted molar refractivity (Wildman–Crippen MR) is 84.2 cm³/mol. The van der Waals surface area contributed by atoms with E-state index in [0.717, 1.165) is 6.42 Å². The van der Waals surface area contributed by atoms with E-state index < -0.39 is 9.84 Å². The van der Waals surface area contributed by atoms with Gasteiger partial charge in [0.15, 0.2) is 15.7 Å². The van der Waals surface area contributed by atoms with Crippen molar-refractivity contribution in [3.05, 3.63) is 11.7 Å². The van der Waals surface area contributed by atoms with Crippen molar-refractivity contribution in [2.45, 2.75) is 38.5 Å². The number of sulfone groups is 1. The summed E-state index contributed by atoms with van der Waals surface area (Å²) in [6, 6.07) is -0.251. The molecule has 1 saturated heterocycles. The minimum atomic E-state index is -2.97. The number of carbonyl (C=O) groups is 1. The van der Waals surface area contributed by atoms with Crippen molar-refractivity contribution in [2.24, 2.45) is 5.92 Å². The third-order valence-corrected chi connectivity index (χ3v) is 5.84. The number of hydrogen-bond acceptors (Lipinski definition) is 7. The zero-order valence-electron chi connectivity index (χ0n) is 12.7. The monoisotopic (exact) mass is 347 g/mol.